The van der Waals surface area contributed by atoms with Crippen LogP contribution in [0.15, 0.2) is 6.20 Å². The summed E-state index contributed by atoms with van der Waals surface area (Å²) < 4.78 is 1.86. The minimum atomic E-state index is 0.228. The lowest BCUT2D eigenvalue weighted by Crippen LogP contribution is -2.47. The van der Waals surface area contributed by atoms with E-state index in [1.54, 1.807) is 0 Å². The normalized spacial score (nSPS) is 20.3. The summed E-state index contributed by atoms with van der Waals surface area (Å²) >= 11 is 0. The third-order valence-electron chi connectivity index (χ3n) is 5.40. The molecule has 4 rings (SSSR count). The summed E-state index contributed by atoms with van der Waals surface area (Å²) in [4.78, 5) is 14.5. The van der Waals surface area contributed by atoms with E-state index in [9.17, 15) is 0 Å². The summed E-state index contributed by atoms with van der Waals surface area (Å²) in [6, 6.07) is 0. The van der Waals surface area contributed by atoms with Gasteiger partial charge in [-0.15, -0.1) is 0 Å². The van der Waals surface area contributed by atoms with Gasteiger partial charge in [-0.05, 0) is 12.8 Å². The van der Waals surface area contributed by atoms with E-state index in [4.69, 9.17) is 15.1 Å². The van der Waals surface area contributed by atoms with E-state index in [-0.39, 0.29) is 6.61 Å². The molecule has 2 fully saturated rings. The molecule has 7 nitrogen and oxygen atoms in total. The summed E-state index contributed by atoms with van der Waals surface area (Å²) in [5.41, 5.74) is 0.944. The summed E-state index contributed by atoms with van der Waals surface area (Å²) in [6.07, 6.45) is 6.86. The molecule has 0 spiro atoms. The summed E-state index contributed by atoms with van der Waals surface area (Å²) in [7, 11) is 1.96. The van der Waals surface area contributed by atoms with Gasteiger partial charge in [-0.25, -0.2) is 9.97 Å². The molecule has 1 saturated carbocycles. The second-order valence-electron chi connectivity index (χ2n) is 6.94. The molecule has 1 aliphatic heterocycles. The standard InChI is InChI=1S/C17H26N6O/c1-21-16-14(12-18-21)17(20-15(19-16)13-4-2-3-5-13)23-8-6-22(7-9-23)10-11-24/h12-13,24H,2-11H2,1H3. The highest BCUT2D eigenvalue weighted by Gasteiger charge is 2.25. The Morgan fingerprint density at radius 3 is 2.58 bits per heavy atom. The van der Waals surface area contributed by atoms with Crippen molar-refractivity contribution in [3.05, 3.63) is 12.0 Å². The van der Waals surface area contributed by atoms with E-state index in [0.29, 0.717) is 5.92 Å². The minimum absolute atomic E-state index is 0.228. The predicted molar refractivity (Wildman–Crippen MR) is 93.3 cm³/mol. The van der Waals surface area contributed by atoms with Crippen molar-refractivity contribution in [3.8, 4) is 0 Å². The van der Waals surface area contributed by atoms with Crippen molar-refractivity contribution in [1.82, 2.24) is 24.6 Å². The Labute approximate surface area is 142 Å². The smallest absolute Gasteiger partial charge is 0.163 e. The van der Waals surface area contributed by atoms with Crippen LogP contribution < -0.4 is 4.90 Å². The number of aryl methyl sites for hydroxylation is 1. The van der Waals surface area contributed by atoms with Gasteiger partial charge in [0.2, 0.25) is 0 Å². The molecule has 7 heteroatoms. The Bertz CT molecular complexity index is 700. The number of nitrogens with zero attached hydrogens (tertiary/aromatic N) is 6. The monoisotopic (exact) mass is 330 g/mol. The second kappa shape index (κ2) is 6.64. The van der Waals surface area contributed by atoms with Gasteiger partial charge in [-0.3, -0.25) is 9.58 Å². The maximum absolute atomic E-state index is 9.12. The first-order chi connectivity index (χ1) is 11.8. The molecule has 2 aromatic heterocycles. The van der Waals surface area contributed by atoms with E-state index in [0.717, 1.165) is 55.4 Å². The number of aliphatic hydroxyl groups excluding tert-OH is 1. The fourth-order valence-electron chi connectivity index (χ4n) is 3.96. The molecule has 2 aromatic rings. The number of aliphatic hydroxyl groups is 1. The molecule has 130 valence electrons. The molecule has 24 heavy (non-hydrogen) atoms. The molecule has 0 amide bonds. The Morgan fingerprint density at radius 2 is 1.88 bits per heavy atom. The van der Waals surface area contributed by atoms with Crippen molar-refractivity contribution in [2.75, 3.05) is 44.2 Å². The highest BCUT2D eigenvalue weighted by atomic mass is 16.3. The van der Waals surface area contributed by atoms with Gasteiger partial charge in [-0.2, -0.15) is 5.10 Å². The first kappa shape index (κ1) is 15.8. The van der Waals surface area contributed by atoms with E-state index >= 15 is 0 Å². The van der Waals surface area contributed by atoms with Crippen molar-refractivity contribution in [2.24, 2.45) is 7.05 Å². The van der Waals surface area contributed by atoms with Crippen LogP contribution in [0.2, 0.25) is 0 Å². The molecule has 0 unspecified atom stereocenters. The molecule has 1 saturated heterocycles. The molecule has 2 aliphatic rings. The molecule has 0 bridgehead atoms. The lowest BCUT2D eigenvalue weighted by molar-refractivity contribution is 0.188. The number of anilines is 1. The van der Waals surface area contributed by atoms with Crippen molar-refractivity contribution in [3.63, 3.8) is 0 Å². The SMILES string of the molecule is Cn1ncc2c(N3CCN(CCO)CC3)nc(C3CCCC3)nc21. The highest BCUT2D eigenvalue weighted by Crippen LogP contribution is 2.34. The maximum Gasteiger partial charge on any atom is 0.163 e. The predicted octanol–water partition coefficient (Wildman–Crippen LogP) is 1.14. The van der Waals surface area contributed by atoms with E-state index < -0.39 is 0 Å². The van der Waals surface area contributed by atoms with Crippen LogP contribution >= 0.6 is 0 Å². The van der Waals surface area contributed by atoms with Crippen LogP contribution in [-0.2, 0) is 7.05 Å². The maximum atomic E-state index is 9.12. The van der Waals surface area contributed by atoms with E-state index in [2.05, 4.69) is 14.9 Å². The molecule has 0 aromatic carbocycles. The summed E-state index contributed by atoms with van der Waals surface area (Å²) in [5.74, 6) is 2.54. The lowest BCUT2D eigenvalue weighted by atomic mass is 10.1. The number of β-amino-alcohol motifs (C(OH)–C–C–N with tert-alkyl or cyclic N) is 1. The van der Waals surface area contributed by atoms with Crippen molar-refractivity contribution >= 4 is 16.9 Å². The Morgan fingerprint density at radius 1 is 1.12 bits per heavy atom. The third kappa shape index (κ3) is 2.86. The number of hydrogen-bond donors (Lipinski definition) is 1. The zero-order chi connectivity index (χ0) is 16.5. The van der Waals surface area contributed by atoms with Gasteiger partial charge in [0, 0.05) is 45.7 Å². The number of fused-ring (bicyclic) bond motifs is 1. The number of piperazine rings is 1. The second-order valence-corrected chi connectivity index (χ2v) is 6.94. The van der Waals surface area contributed by atoms with Crippen LogP contribution in [0.5, 0.6) is 0 Å². The zero-order valence-corrected chi connectivity index (χ0v) is 14.4. The van der Waals surface area contributed by atoms with Crippen molar-refractivity contribution < 1.29 is 5.11 Å². The fourth-order valence-corrected chi connectivity index (χ4v) is 3.96. The third-order valence-corrected chi connectivity index (χ3v) is 5.40. The number of hydrogen-bond acceptors (Lipinski definition) is 6. The van der Waals surface area contributed by atoms with Crippen LogP contribution in [0.4, 0.5) is 5.82 Å². The van der Waals surface area contributed by atoms with Crippen molar-refractivity contribution in [2.45, 2.75) is 31.6 Å². The van der Waals surface area contributed by atoms with Crippen molar-refractivity contribution in [1.29, 1.82) is 0 Å². The molecular formula is C17H26N6O. The van der Waals surface area contributed by atoms with Gasteiger partial charge < -0.3 is 10.0 Å². The van der Waals surface area contributed by atoms with Crippen LogP contribution in [-0.4, -0.2) is 69.1 Å². The fraction of sp³-hybridized carbons (Fsp3) is 0.706. The van der Waals surface area contributed by atoms with Gasteiger partial charge in [0.15, 0.2) is 5.65 Å². The zero-order valence-electron chi connectivity index (χ0n) is 14.4. The average molecular weight is 330 g/mol. The van der Waals surface area contributed by atoms with Crippen LogP contribution in [0, 0.1) is 0 Å². The summed E-state index contributed by atoms with van der Waals surface area (Å²) in [5, 5.41) is 14.6. The lowest BCUT2D eigenvalue weighted by Gasteiger charge is -2.35. The van der Waals surface area contributed by atoms with Gasteiger partial charge in [-0.1, -0.05) is 12.8 Å². The Hall–Kier alpha value is -1.73. The van der Waals surface area contributed by atoms with Gasteiger partial charge in [0.1, 0.15) is 11.6 Å². The molecule has 1 aliphatic carbocycles. The van der Waals surface area contributed by atoms with Gasteiger partial charge in [0.05, 0.1) is 18.2 Å². The molecule has 1 N–H and O–H groups in total. The Balaban J connectivity index is 1.66. The number of aromatic nitrogens is 4. The average Bonchev–Trinajstić information content (AvgIpc) is 3.26. The largest absolute Gasteiger partial charge is 0.395 e. The molecule has 3 heterocycles. The highest BCUT2D eigenvalue weighted by molar-refractivity contribution is 5.87. The molecule has 0 atom stereocenters. The minimum Gasteiger partial charge on any atom is -0.395 e. The first-order valence-electron chi connectivity index (χ1n) is 9.04. The number of rotatable bonds is 4. The first-order valence-corrected chi connectivity index (χ1v) is 9.04. The topological polar surface area (TPSA) is 70.3 Å². The van der Waals surface area contributed by atoms with Gasteiger partial charge in [0.25, 0.3) is 0 Å². The molecular weight excluding hydrogens is 304 g/mol. The van der Waals surface area contributed by atoms with E-state index in [1.165, 1.54) is 25.7 Å². The molecule has 0 radical (unpaired) electrons. The summed E-state index contributed by atoms with van der Waals surface area (Å²) in [6.45, 7) is 4.78. The van der Waals surface area contributed by atoms with Crippen LogP contribution in [0.3, 0.4) is 0 Å². The van der Waals surface area contributed by atoms with Gasteiger partial charge >= 0.3 is 0 Å². The van der Waals surface area contributed by atoms with Crippen LogP contribution in [0.25, 0.3) is 11.0 Å². The van der Waals surface area contributed by atoms with Crippen LogP contribution in [0.1, 0.15) is 37.4 Å². The quantitative estimate of drug-likeness (QED) is 0.906. The Kier molecular flexibility index (Phi) is 4.37. The van der Waals surface area contributed by atoms with E-state index in [1.807, 2.05) is 17.9 Å².